The fraction of sp³-hybridized carbons (Fsp3) is 0.231. The Hall–Kier alpha value is -1.99. The molecule has 0 aliphatic rings. The molecule has 1 unspecified atom stereocenters. The Morgan fingerprint density at radius 3 is 2.67 bits per heavy atom. The van der Waals surface area contributed by atoms with Gasteiger partial charge in [0.1, 0.15) is 6.04 Å². The van der Waals surface area contributed by atoms with Crippen molar-refractivity contribution in [2.45, 2.75) is 18.9 Å². The fourth-order valence-electron chi connectivity index (χ4n) is 1.38. The molecule has 0 heterocycles. The molecule has 1 amide bonds. The monoisotopic (exact) mass is 265 g/mol. The molecule has 0 aliphatic carbocycles. The molecule has 1 atom stereocenters. The third kappa shape index (κ3) is 4.11. The predicted molar refractivity (Wildman–Crippen MR) is 68.2 cm³/mol. The van der Waals surface area contributed by atoms with Crippen LogP contribution in [0.2, 0.25) is 5.02 Å². The van der Waals surface area contributed by atoms with Crippen LogP contribution in [0.5, 0.6) is 0 Å². The highest BCUT2D eigenvalue weighted by Gasteiger charge is 2.19. The number of hydrogen-bond donors (Lipinski definition) is 2. The Labute approximate surface area is 110 Å². The molecule has 0 fully saturated rings. The lowest BCUT2D eigenvalue weighted by atomic mass is 10.1. The molecule has 0 saturated carbocycles. The van der Waals surface area contributed by atoms with Gasteiger partial charge in [0, 0.05) is 11.4 Å². The first kappa shape index (κ1) is 14.1. The molecule has 0 radical (unpaired) electrons. The maximum atomic E-state index is 11.7. The number of carbonyl (C=O) groups is 2. The zero-order valence-electron chi connectivity index (χ0n) is 9.52. The lowest BCUT2D eigenvalue weighted by Gasteiger charge is -2.12. The van der Waals surface area contributed by atoms with Gasteiger partial charge in [0.15, 0.2) is 0 Å². The topological polar surface area (TPSA) is 66.4 Å². The molecule has 1 aromatic carbocycles. The van der Waals surface area contributed by atoms with E-state index in [1.54, 1.807) is 24.3 Å². The van der Waals surface area contributed by atoms with Crippen LogP contribution in [0.1, 0.15) is 12.0 Å². The van der Waals surface area contributed by atoms with Crippen LogP contribution in [0.15, 0.2) is 24.3 Å². The Morgan fingerprint density at radius 2 is 2.11 bits per heavy atom. The summed E-state index contributed by atoms with van der Waals surface area (Å²) in [6.45, 7) is 0. The van der Waals surface area contributed by atoms with Gasteiger partial charge in [0.05, 0.1) is 6.42 Å². The van der Waals surface area contributed by atoms with Gasteiger partial charge >= 0.3 is 5.97 Å². The van der Waals surface area contributed by atoms with Crippen LogP contribution in [-0.2, 0) is 16.0 Å². The molecular weight excluding hydrogens is 254 g/mol. The first-order valence-corrected chi connectivity index (χ1v) is 5.61. The largest absolute Gasteiger partial charge is 0.480 e. The molecule has 94 valence electrons. The van der Waals surface area contributed by atoms with E-state index in [1.807, 2.05) is 0 Å². The number of terminal acetylenes is 1. The molecular formula is C13H12ClNO3. The maximum absolute atomic E-state index is 11.7. The van der Waals surface area contributed by atoms with Crippen LogP contribution < -0.4 is 5.32 Å². The van der Waals surface area contributed by atoms with Crippen molar-refractivity contribution in [1.82, 2.24) is 5.32 Å². The molecule has 2 N–H and O–H groups in total. The highest BCUT2D eigenvalue weighted by Crippen LogP contribution is 2.15. The van der Waals surface area contributed by atoms with Crippen LogP contribution in [0.3, 0.4) is 0 Å². The molecule has 0 bridgehead atoms. The van der Waals surface area contributed by atoms with Gasteiger partial charge < -0.3 is 10.4 Å². The summed E-state index contributed by atoms with van der Waals surface area (Å²) in [5.41, 5.74) is 0.640. The molecule has 0 aromatic heterocycles. The smallest absolute Gasteiger partial charge is 0.327 e. The number of nitrogens with one attached hydrogen (secondary N) is 1. The van der Waals surface area contributed by atoms with Crippen molar-refractivity contribution < 1.29 is 14.7 Å². The van der Waals surface area contributed by atoms with E-state index in [1.165, 1.54) is 0 Å². The van der Waals surface area contributed by atoms with E-state index >= 15 is 0 Å². The summed E-state index contributed by atoms with van der Waals surface area (Å²) < 4.78 is 0. The quantitative estimate of drug-likeness (QED) is 0.793. The van der Waals surface area contributed by atoms with Gasteiger partial charge in [-0.15, -0.1) is 12.3 Å². The number of carboxylic acids is 1. The number of aliphatic carboxylic acids is 1. The second-order valence-electron chi connectivity index (χ2n) is 3.63. The molecule has 4 nitrogen and oxygen atoms in total. The van der Waals surface area contributed by atoms with E-state index in [0.29, 0.717) is 10.6 Å². The van der Waals surface area contributed by atoms with E-state index in [9.17, 15) is 9.59 Å². The molecule has 1 rings (SSSR count). The first-order valence-electron chi connectivity index (χ1n) is 5.23. The summed E-state index contributed by atoms with van der Waals surface area (Å²) in [6, 6.07) is 5.82. The van der Waals surface area contributed by atoms with Crippen molar-refractivity contribution in [2.24, 2.45) is 0 Å². The van der Waals surface area contributed by atoms with E-state index < -0.39 is 17.9 Å². The molecule has 5 heteroatoms. The number of hydrogen-bond acceptors (Lipinski definition) is 2. The zero-order valence-corrected chi connectivity index (χ0v) is 10.3. The zero-order chi connectivity index (χ0) is 13.5. The minimum atomic E-state index is -1.15. The summed E-state index contributed by atoms with van der Waals surface area (Å²) in [5.74, 6) is 0.631. The van der Waals surface area contributed by atoms with E-state index in [-0.39, 0.29) is 12.8 Å². The Balaban J connectivity index is 2.64. The second kappa shape index (κ2) is 6.67. The van der Waals surface area contributed by atoms with Gasteiger partial charge in [-0.3, -0.25) is 4.79 Å². The van der Waals surface area contributed by atoms with E-state index in [2.05, 4.69) is 11.2 Å². The van der Waals surface area contributed by atoms with E-state index in [4.69, 9.17) is 23.1 Å². The van der Waals surface area contributed by atoms with Gasteiger partial charge in [-0.2, -0.15) is 0 Å². The molecule has 0 aliphatic heterocycles. The number of carboxylic acid groups (broad SMARTS) is 1. The van der Waals surface area contributed by atoms with Crippen molar-refractivity contribution in [3.63, 3.8) is 0 Å². The normalized spacial score (nSPS) is 11.3. The summed E-state index contributed by atoms with van der Waals surface area (Å²) >= 11 is 5.90. The second-order valence-corrected chi connectivity index (χ2v) is 4.04. The number of rotatable bonds is 5. The van der Waals surface area contributed by atoms with Crippen LogP contribution in [-0.4, -0.2) is 23.0 Å². The third-order valence-corrected chi connectivity index (χ3v) is 2.63. The number of carbonyl (C=O) groups excluding carboxylic acids is 1. The number of amides is 1. The van der Waals surface area contributed by atoms with Crippen molar-refractivity contribution in [1.29, 1.82) is 0 Å². The number of benzene rings is 1. The molecule has 18 heavy (non-hydrogen) atoms. The number of halogens is 1. The average Bonchev–Trinajstić information content (AvgIpc) is 2.31. The molecule has 0 saturated heterocycles. The minimum absolute atomic E-state index is 0.0218. The van der Waals surface area contributed by atoms with E-state index in [0.717, 1.165) is 0 Å². The Morgan fingerprint density at radius 1 is 1.44 bits per heavy atom. The lowest BCUT2D eigenvalue weighted by molar-refractivity contribution is -0.141. The van der Waals surface area contributed by atoms with Crippen LogP contribution in [0, 0.1) is 12.3 Å². The van der Waals surface area contributed by atoms with Gasteiger partial charge in [-0.05, 0) is 11.6 Å². The van der Waals surface area contributed by atoms with Crippen LogP contribution in [0.25, 0.3) is 0 Å². The maximum Gasteiger partial charge on any atom is 0.327 e. The van der Waals surface area contributed by atoms with Gasteiger partial charge in [-0.25, -0.2) is 4.79 Å². The van der Waals surface area contributed by atoms with Crippen molar-refractivity contribution in [3.05, 3.63) is 34.9 Å². The van der Waals surface area contributed by atoms with Crippen molar-refractivity contribution in [3.8, 4) is 12.3 Å². The summed E-state index contributed by atoms with van der Waals surface area (Å²) in [5, 5.41) is 11.7. The highest BCUT2D eigenvalue weighted by molar-refractivity contribution is 6.31. The first-order chi connectivity index (χ1) is 8.54. The highest BCUT2D eigenvalue weighted by atomic mass is 35.5. The van der Waals surface area contributed by atoms with Crippen LogP contribution >= 0.6 is 11.6 Å². The fourth-order valence-corrected chi connectivity index (χ4v) is 1.58. The summed E-state index contributed by atoms with van der Waals surface area (Å²) in [7, 11) is 0. The molecule has 0 spiro atoms. The summed E-state index contributed by atoms with van der Waals surface area (Å²) in [6.07, 6.45) is 5.00. The summed E-state index contributed by atoms with van der Waals surface area (Å²) in [4.78, 5) is 22.5. The van der Waals surface area contributed by atoms with Gasteiger partial charge in [0.2, 0.25) is 5.91 Å². The Kier molecular flexibility index (Phi) is 5.22. The van der Waals surface area contributed by atoms with Crippen LogP contribution in [0.4, 0.5) is 0 Å². The van der Waals surface area contributed by atoms with Crippen molar-refractivity contribution in [2.75, 3.05) is 0 Å². The Bertz CT molecular complexity index is 493. The molecule has 1 aromatic rings. The predicted octanol–water partition coefficient (Wildman–Crippen LogP) is 1.48. The van der Waals surface area contributed by atoms with Crippen molar-refractivity contribution >= 4 is 23.5 Å². The standard InChI is InChI=1S/C13H12ClNO3/c1-2-5-11(13(17)18)15-12(16)8-9-6-3-4-7-10(9)14/h1,3-4,6-7,11H,5,8H2,(H,15,16)(H,17,18). The lowest BCUT2D eigenvalue weighted by Crippen LogP contribution is -2.41. The van der Waals surface area contributed by atoms with Gasteiger partial charge in [0.25, 0.3) is 0 Å². The minimum Gasteiger partial charge on any atom is -0.480 e. The van der Waals surface area contributed by atoms with Gasteiger partial charge in [-0.1, -0.05) is 29.8 Å². The third-order valence-electron chi connectivity index (χ3n) is 2.26. The average molecular weight is 266 g/mol. The SMILES string of the molecule is C#CCC(NC(=O)Cc1ccccc1Cl)C(=O)O.